The maximum absolute atomic E-state index is 11.4. The van der Waals surface area contributed by atoms with Gasteiger partial charge in [0.2, 0.25) is 0 Å². The maximum atomic E-state index is 11.4. The molecule has 0 aliphatic carbocycles. The molecule has 5 heteroatoms. The van der Waals surface area contributed by atoms with Gasteiger partial charge < -0.3 is 5.32 Å². The normalized spacial score (nSPS) is 13.9. The van der Waals surface area contributed by atoms with Gasteiger partial charge in [0, 0.05) is 17.0 Å². The molecule has 0 bridgehead atoms. The molecule has 1 N–H and O–H groups in total. The Morgan fingerprint density at radius 2 is 2.06 bits per heavy atom. The topological polar surface area (TPSA) is 46.2 Å². The van der Waals surface area contributed by atoms with Gasteiger partial charge in [-0.2, -0.15) is 0 Å². The van der Waals surface area contributed by atoms with E-state index in [4.69, 9.17) is 0 Å². The molecule has 1 heterocycles. The Hall–Kier alpha value is -0.910. The second-order valence-electron chi connectivity index (χ2n) is 4.54. The summed E-state index contributed by atoms with van der Waals surface area (Å²) in [7, 11) is -1.14. The van der Waals surface area contributed by atoms with Crippen LogP contribution in [0.5, 0.6) is 0 Å². The number of thiophene rings is 1. The summed E-state index contributed by atoms with van der Waals surface area (Å²) in [5.74, 6) is 0.174. The van der Waals surface area contributed by atoms with E-state index >= 15 is 0 Å². The molecule has 0 aliphatic heterocycles. The molecular formula is C13H17NO2S2. The van der Waals surface area contributed by atoms with Crippen molar-refractivity contribution in [3.05, 3.63) is 35.2 Å². The largest absolute Gasteiger partial charge is 0.316 e. The van der Waals surface area contributed by atoms with E-state index in [1.165, 1.54) is 21.9 Å². The van der Waals surface area contributed by atoms with Gasteiger partial charge in [-0.05, 0) is 35.9 Å². The Morgan fingerprint density at radius 3 is 2.72 bits per heavy atom. The summed E-state index contributed by atoms with van der Waals surface area (Å²) in [4.78, 5) is 0. The van der Waals surface area contributed by atoms with Crippen LogP contribution in [0.25, 0.3) is 10.1 Å². The van der Waals surface area contributed by atoms with Crippen molar-refractivity contribution in [2.75, 3.05) is 19.1 Å². The quantitative estimate of drug-likeness (QED) is 0.914. The molecule has 18 heavy (non-hydrogen) atoms. The first-order valence-corrected chi connectivity index (χ1v) is 8.74. The fraction of sp³-hybridized carbons (Fsp3) is 0.385. The van der Waals surface area contributed by atoms with Gasteiger partial charge in [0.05, 0.1) is 5.75 Å². The van der Waals surface area contributed by atoms with Crippen LogP contribution in [-0.2, 0) is 16.3 Å². The zero-order valence-corrected chi connectivity index (χ0v) is 12.1. The predicted molar refractivity (Wildman–Crippen MR) is 78.1 cm³/mol. The fourth-order valence-electron chi connectivity index (χ4n) is 2.07. The molecule has 3 nitrogen and oxygen atoms in total. The third kappa shape index (κ3) is 3.31. The summed E-state index contributed by atoms with van der Waals surface area (Å²) in [6.07, 6.45) is 2.02. The first-order valence-electron chi connectivity index (χ1n) is 5.79. The van der Waals surface area contributed by atoms with Gasteiger partial charge >= 0.3 is 0 Å². The first-order chi connectivity index (χ1) is 8.49. The summed E-state index contributed by atoms with van der Waals surface area (Å²) in [6.45, 7) is 0. The van der Waals surface area contributed by atoms with Crippen molar-refractivity contribution in [3.63, 3.8) is 0 Å². The standard InChI is InChI=1S/C13H17NO2S2/c1-14-11(9-18(2,15)16)7-10-8-17-13-6-4-3-5-12(10)13/h3-6,8,11,14H,7,9H2,1-2H3. The molecule has 0 amide bonds. The lowest BCUT2D eigenvalue weighted by Gasteiger charge is -2.14. The van der Waals surface area contributed by atoms with Gasteiger partial charge in [-0.3, -0.25) is 0 Å². The Morgan fingerprint density at radius 1 is 1.33 bits per heavy atom. The Kier molecular flexibility index (Phi) is 4.04. The number of hydrogen-bond donors (Lipinski definition) is 1. The minimum atomic E-state index is -2.95. The maximum Gasteiger partial charge on any atom is 0.148 e. The van der Waals surface area contributed by atoms with E-state index in [1.54, 1.807) is 11.3 Å². The molecule has 98 valence electrons. The van der Waals surface area contributed by atoms with E-state index in [0.29, 0.717) is 0 Å². The van der Waals surface area contributed by atoms with E-state index in [2.05, 4.69) is 22.8 Å². The minimum Gasteiger partial charge on any atom is -0.316 e. The molecule has 0 aliphatic rings. The molecular weight excluding hydrogens is 266 g/mol. The second-order valence-corrected chi connectivity index (χ2v) is 7.64. The molecule has 1 aromatic heterocycles. The zero-order valence-electron chi connectivity index (χ0n) is 10.5. The van der Waals surface area contributed by atoms with Crippen LogP contribution in [0.4, 0.5) is 0 Å². The van der Waals surface area contributed by atoms with Crippen molar-refractivity contribution in [1.82, 2.24) is 5.32 Å². The van der Waals surface area contributed by atoms with E-state index in [1.807, 2.05) is 19.2 Å². The van der Waals surface area contributed by atoms with Crippen LogP contribution >= 0.6 is 11.3 Å². The molecule has 1 unspecified atom stereocenters. The SMILES string of the molecule is CNC(Cc1csc2ccccc12)CS(C)(=O)=O. The minimum absolute atomic E-state index is 0.0296. The number of hydrogen-bond acceptors (Lipinski definition) is 4. The van der Waals surface area contributed by atoms with Gasteiger partial charge in [0.15, 0.2) is 0 Å². The summed E-state index contributed by atoms with van der Waals surface area (Å²) < 4.78 is 24.0. The second kappa shape index (κ2) is 5.38. The number of fused-ring (bicyclic) bond motifs is 1. The summed E-state index contributed by atoms with van der Waals surface area (Å²) in [6, 6.07) is 8.19. The number of benzene rings is 1. The van der Waals surface area contributed by atoms with Crippen LogP contribution in [0.2, 0.25) is 0 Å². The summed E-state index contributed by atoms with van der Waals surface area (Å²) in [5, 5.41) is 6.44. The molecule has 1 atom stereocenters. The number of likely N-dealkylation sites (N-methyl/N-ethyl adjacent to an activating group) is 1. The first kappa shape index (κ1) is 13.5. The van der Waals surface area contributed by atoms with E-state index in [9.17, 15) is 8.42 Å². The average molecular weight is 283 g/mol. The van der Waals surface area contributed by atoms with Crippen molar-refractivity contribution >= 4 is 31.3 Å². The van der Waals surface area contributed by atoms with Crippen LogP contribution in [0.1, 0.15) is 5.56 Å². The lowest BCUT2D eigenvalue weighted by molar-refractivity contribution is 0.568. The fourth-order valence-corrected chi connectivity index (χ4v) is 4.06. The summed E-state index contributed by atoms with van der Waals surface area (Å²) in [5.41, 5.74) is 1.22. The van der Waals surface area contributed by atoms with Gasteiger partial charge in [0.25, 0.3) is 0 Å². The number of nitrogens with one attached hydrogen (secondary N) is 1. The zero-order chi connectivity index (χ0) is 13.2. The van der Waals surface area contributed by atoms with E-state index < -0.39 is 9.84 Å². The van der Waals surface area contributed by atoms with Crippen LogP contribution in [-0.4, -0.2) is 33.5 Å². The van der Waals surface area contributed by atoms with E-state index in [-0.39, 0.29) is 11.8 Å². The van der Waals surface area contributed by atoms with Crippen molar-refractivity contribution in [2.24, 2.45) is 0 Å². The lowest BCUT2D eigenvalue weighted by Crippen LogP contribution is -2.34. The van der Waals surface area contributed by atoms with Crippen molar-refractivity contribution in [1.29, 1.82) is 0 Å². The Labute approximate surface area is 112 Å². The van der Waals surface area contributed by atoms with Crippen LogP contribution in [0.15, 0.2) is 29.6 Å². The van der Waals surface area contributed by atoms with Crippen molar-refractivity contribution < 1.29 is 8.42 Å². The molecule has 1 aromatic carbocycles. The third-order valence-electron chi connectivity index (χ3n) is 2.94. The smallest absolute Gasteiger partial charge is 0.148 e. The monoisotopic (exact) mass is 283 g/mol. The highest BCUT2D eigenvalue weighted by molar-refractivity contribution is 7.90. The summed E-state index contributed by atoms with van der Waals surface area (Å²) >= 11 is 1.71. The molecule has 0 fully saturated rings. The third-order valence-corrected chi connectivity index (χ3v) is 4.96. The number of rotatable bonds is 5. The van der Waals surface area contributed by atoms with Gasteiger partial charge in [0.1, 0.15) is 9.84 Å². The molecule has 2 aromatic rings. The average Bonchev–Trinajstić information content (AvgIpc) is 2.70. The molecule has 0 spiro atoms. The Balaban J connectivity index is 2.22. The van der Waals surface area contributed by atoms with Gasteiger partial charge in [-0.1, -0.05) is 18.2 Å². The highest BCUT2D eigenvalue weighted by Gasteiger charge is 2.15. The molecule has 0 saturated carbocycles. The highest BCUT2D eigenvalue weighted by atomic mass is 32.2. The van der Waals surface area contributed by atoms with Crippen molar-refractivity contribution in [3.8, 4) is 0 Å². The van der Waals surface area contributed by atoms with Crippen LogP contribution in [0.3, 0.4) is 0 Å². The highest BCUT2D eigenvalue weighted by Crippen LogP contribution is 2.26. The van der Waals surface area contributed by atoms with Crippen molar-refractivity contribution in [2.45, 2.75) is 12.5 Å². The molecule has 0 radical (unpaired) electrons. The van der Waals surface area contributed by atoms with Crippen LogP contribution in [0, 0.1) is 0 Å². The molecule has 2 rings (SSSR count). The lowest BCUT2D eigenvalue weighted by atomic mass is 10.1. The number of sulfone groups is 1. The van der Waals surface area contributed by atoms with Crippen LogP contribution < -0.4 is 5.32 Å². The predicted octanol–water partition coefficient (Wildman–Crippen LogP) is 2.08. The van der Waals surface area contributed by atoms with Gasteiger partial charge in [-0.15, -0.1) is 11.3 Å². The Bertz CT molecular complexity index is 631. The molecule has 0 saturated heterocycles. The van der Waals surface area contributed by atoms with E-state index in [0.717, 1.165) is 6.42 Å². The van der Waals surface area contributed by atoms with Gasteiger partial charge in [-0.25, -0.2) is 8.42 Å².